The Labute approximate surface area is 224 Å². The number of hydrogen-bond acceptors (Lipinski definition) is 7. The summed E-state index contributed by atoms with van der Waals surface area (Å²) in [5.41, 5.74) is 4.82. The van der Waals surface area contributed by atoms with Crippen LogP contribution in [0, 0.1) is 0 Å². The maximum atomic E-state index is 12.5. The van der Waals surface area contributed by atoms with Crippen molar-refractivity contribution < 1.29 is 33.2 Å². The van der Waals surface area contributed by atoms with E-state index in [9.17, 15) is 4.79 Å². The SMILES string of the molecule is CN(CCOCCOCCOCCOCCOCCCl)C(=O)OCC1c2ccccc2-c2ccccc21. The number of fused-ring (bicyclic) bond motifs is 3. The number of hydrogen-bond donors (Lipinski definition) is 0. The third-order valence-electron chi connectivity index (χ3n) is 5.93. The molecule has 0 fully saturated rings. The molecule has 3 rings (SSSR count). The Bertz CT molecular complexity index is 883. The molecule has 1 aliphatic carbocycles. The molecule has 0 unspecified atom stereocenters. The minimum absolute atomic E-state index is 0.0514. The van der Waals surface area contributed by atoms with Gasteiger partial charge < -0.3 is 33.3 Å². The molecule has 0 bridgehead atoms. The Kier molecular flexibility index (Phi) is 13.8. The quantitative estimate of drug-likeness (QED) is 0.197. The Morgan fingerprint density at radius 1 is 0.703 bits per heavy atom. The lowest BCUT2D eigenvalue weighted by Gasteiger charge is -2.19. The van der Waals surface area contributed by atoms with Gasteiger partial charge in [-0.1, -0.05) is 48.5 Å². The van der Waals surface area contributed by atoms with E-state index in [-0.39, 0.29) is 12.0 Å². The molecule has 2 aromatic rings. The first-order chi connectivity index (χ1) is 18.2. The van der Waals surface area contributed by atoms with Gasteiger partial charge >= 0.3 is 6.09 Å². The monoisotopic (exact) mass is 535 g/mol. The van der Waals surface area contributed by atoms with Crippen LogP contribution in [0.3, 0.4) is 0 Å². The fourth-order valence-electron chi connectivity index (χ4n) is 4.03. The molecule has 0 spiro atoms. The zero-order valence-electron chi connectivity index (χ0n) is 21.6. The molecule has 9 heteroatoms. The van der Waals surface area contributed by atoms with Crippen LogP contribution in [0.1, 0.15) is 17.0 Å². The molecule has 0 saturated carbocycles. The minimum Gasteiger partial charge on any atom is -0.448 e. The Hall–Kier alpha value is -2.20. The average Bonchev–Trinajstić information content (AvgIpc) is 3.25. The lowest BCUT2D eigenvalue weighted by molar-refractivity contribution is -0.0111. The molecule has 0 radical (unpaired) electrons. The zero-order valence-corrected chi connectivity index (χ0v) is 22.3. The summed E-state index contributed by atoms with van der Waals surface area (Å²) in [6.45, 7) is 5.70. The van der Waals surface area contributed by atoms with E-state index in [0.717, 1.165) is 0 Å². The summed E-state index contributed by atoms with van der Waals surface area (Å²) in [5.74, 6) is 0.544. The van der Waals surface area contributed by atoms with Crippen LogP contribution < -0.4 is 0 Å². The molecular formula is C28H38ClNO7. The van der Waals surface area contributed by atoms with Crippen molar-refractivity contribution in [2.45, 2.75) is 5.92 Å². The summed E-state index contributed by atoms with van der Waals surface area (Å²) < 4.78 is 32.7. The van der Waals surface area contributed by atoms with Crippen molar-refractivity contribution in [3.8, 4) is 11.1 Å². The molecule has 0 saturated heterocycles. The number of carbonyl (C=O) groups excluding carboxylic acids is 1. The summed E-state index contributed by atoms with van der Waals surface area (Å²) in [6, 6.07) is 16.6. The molecule has 8 nitrogen and oxygen atoms in total. The van der Waals surface area contributed by atoms with Crippen molar-refractivity contribution in [3.05, 3.63) is 59.7 Å². The highest BCUT2D eigenvalue weighted by Gasteiger charge is 2.29. The molecular weight excluding hydrogens is 498 g/mol. The number of nitrogens with zero attached hydrogens (tertiary/aromatic N) is 1. The first-order valence-electron chi connectivity index (χ1n) is 12.7. The van der Waals surface area contributed by atoms with Crippen LogP contribution in [0.2, 0.25) is 0 Å². The van der Waals surface area contributed by atoms with Crippen molar-refractivity contribution >= 4 is 17.7 Å². The molecule has 2 aromatic carbocycles. The number of benzene rings is 2. The number of likely N-dealkylation sites (N-methyl/N-ethyl adjacent to an activating group) is 1. The molecule has 0 aromatic heterocycles. The highest BCUT2D eigenvalue weighted by molar-refractivity contribution is 6.17. The Morgan fingerprint density at radius 3 is 1.62 bits per heavy atom. The molecule has 204 valence electrons. The highest BCUT2D eigenvalue weighted by Crippen LogP contribution is 2.44. The maximum absolute atomic E-state index is 12.5. The van der Waals surface area contributed by atoms with Gasteiger partial charge in [0, 0.05) is 25.4 Å². The predicted molar refractivity (Wildman–Crippen MR) is 143 cm³/mol. The molecule has 1 aliphatic rings. The summed E-state index contributed by atoms with van der Waals surface area (Å²) in [4.78, 5) is 14.0. The lowest BCUT2D eigenvalue weighted by Crippen LogP contribution is -2.32. The van der Waals surface area contributed by atoms with Gasteiger partial charge in [-0.25, -0.2) is 4.79 Å². The van der Waals surface area contributed by atoms with Gasteiger partial charge in [-0.3, -0.25) is 0 Å². The molecule has 37 heavy (non-hydrogen) atoms. The second kappa shape index (κ2) is 17.3. The van der Waals surface area contributed by atoms with E-state index < -0.39 is 0 Å². The maximum Gasteiger partial charge on any atom is 0.409 e. The Balaban J connectivity index is 1.18. The van der Waals surface area contributed by atoms with Crippen LogP contribution in [-0.4, -0.2) is 103 Å². The van der Waals surface area contributed by atoms with E-state index in [1.807, 2.05) is 24.3 Å². The standard InChI is InChI=1S/C28H38ClNO7/c1-30(11-13-33-15-17-35-19-21-36-20-18-34-16-14-32-12-10-29)28(31)37-22-27-25-8-4-2-6-23(25)24-7-3-5-9-26(24)27/h2-9,27H,10-22H2,1H3. The van der Waals surface area contributed by atoms with Gasteiger partial charge in [-0.2, -0.15) is 0 Å². The topological polar surface area (TPSA) is 75.7 Å². The van der Waals surface area contributed by atoms with Gasteiger partial charge in [-0.05, 0) is 22.3 Å². The molecule has 0 N–H and O–H groups in total. The first-order valence-corrected chi connectivity index (χ1v) is 13.3. The normalized spacial score (nSPS) is 12.4. The smallest absolute Gasteiger partial charge is 0.409 e. The second-order valence-electron chi connectivity index (χ2n) is 8.48. The van der Waals surface area contributed by atoms with E-state index in [1.165, 1.54) is 27.2 Å². The van der Waals surface area contributed by atoms with Crippen molar-refractivity contribution in [1.29, 1.82) is 0 Å². The van der Waals surface area contributed by atoms with Crippen molar-refractivity contribution in [2.75, 3.05) is 92.1 Å². The molecule has 1 amide bonds. The lowest BCUT2D eigenvalue weighted by atomic mass is 9.98. The van der Waals surface area contributed by atoms with E-state index in [2.05, 4.69) is 24.3 Å². The average molecular weight is 536 g/mol. The largest absolute Gasteiger partial charge is 0.448 e. The number of rotatable bonds is 19. The fourth-order valence-corrected chi connectivity index (χ4v) is 4.14. The van der Waals surface area contributed by atoms with E-state index >= 15 is 0 Å². The number of ether oxygens (including phenoxy) is 6. The second-order valence-corrected chi connectivity index (χ2v) is 8.85. The van der Waals surface area contributed by atoms with Crippen molar-refractivity contribution in [3.63, 3.8) is 0 Å². The first kappa shape index (κ1) is 29.4. The van der Waals surface area contributed by atoms with E-state index in [4.69, 9.17) is 40.0 Å². The van der Waals surface area contributed by atoms with Crippen LogP contribution in [0.4, 0.5) is 4.79 Å². The minimum atomic E-state index is -0.356. The third kappa shape index (κ3) is 9.89. The van der Waals surface area contributed by atoms with Gasteiger partial charge in [0.2, 0.25) is 0 Å². The van der Waals surface area contributed by atoms with E-state index in [1.54, 1.807) is 7.05 Å². The van der Waals surface area contributed by atoms with Gasteiger partial charge in [0.15, 0.2) is 0 Å². The summed E-state index contributed by atoms with van der Waals surface area (Å²) in [5, 5.41) is 0. The number of halogens is 1. The van der Waals surface area contributed by atoms with Crippen LogP contribution in [0.5, 0.6) is 0 Å². The Morgan fingerprint density at radius 2 is 1.14 bits per heavy atom. The van der Waals surface area contributed by atoms with Crippen molar-refractivity contribution in [1.82, 2.24) is 4.90 Å². The van der Waals surface area contributed by atoms with Crippen molar-refractivity contribution in [2.24, 2.45) is 0 Å². The third-order valence-corrected chi connectivity index (χ3v) is 6.08. The summed E-state index contributed by atoms with van der Waals surface area (Å²) in [6.07, 6.45) is -0.356. The number of amides is 1. The highest BCUT2D eigenvalue weighted by atomic mass is 35.5. The van der Waals surface area contributed by atoms with Crippen LogP contribution in [0.25, 0.3) is 11.1 Å². The van der Waals surface area contributed by atoms with Gasteiger partial charge in [0.1, 0.15) is 6.61 Å². The number of alkyl halides is 1. The van der Waals surface area contributed by atoms with Crippen LogP contribution in [0.15, 0.2) is 48.5 Å². The van der Waals surface area contributed by atoms with Gasteiger partial charge in [0.05, 0.1) is 66.1 Å². The van der Waals surface area contributed by atoms with Crippen LogP contribution >= 0.6 is 11.6 Å². The summed E-state index contributed by atoms with van der Waals surface area (Å²) >= 11 is 5.51. The predicted octanol–water partition coefficient (Wildman–Crippen LogP) is 4.19. The van der Waals surface area contributed by atoms with Crippen LogP contribution in [-0.2, 0) is 28.4 Å². The zero-order chi connectivity index (χ0) is 26.1. The fraction of sp³-hybridized carbons (Fsp3) is 0.536. The summed E-state index contributed by atoms with van der Waals surface area (Å²) in [7, 11) is 1.71. The van der Waals surface area contributed by atoms with E-state index in [0.29, 0.717) is 85.1 Å². The molecule has 0 heterocycles. The van der Waals surface area contributed by atoms with Gasteiger partial charge in [0.25, 0.3) is 0 Å². The molecule has 0 aliphatic heterocycles. The molecule has 0 atom stereocenters. The van der Waals surface area contributed by atoms with Gasteiger partial charge in [-0.15, -0.1) is 11.6 Å². The number of carbonyl (C=O) groups is 1.